The van der Waals surface area contributed by atoms with Crippen molar-refractivity contribution in [2.75, 3.05) is 0 Å². The van der Waals surface area contributed by atoms with Crippen LogP contribution in [0.2, 0.25) is 0 Å². The Morgan fingerprint density at radius 1 is 1.00 bits per heavy atom. The normalized spacial score (nSPS) is 15.0. The van der Waals surface area contributed by atoms with Crippen molar-refractivity contribution in [1.82, 2.24) is 4.90 Å². The molecule has 0 unspecified atom stereocenters. The second-order valence-electron chi connectivity index (χ2n) is 3.34. The number of carbonyl (C=O) groups excluding carboxylic acids is 2. The number of benzene rings is 1. The maximum absolute atomic E-state index is 11.4. The Hall–Kier alpha value is -0.440. The number of hydrogen-bond acceptors (Lipinski definition) is 2. The number of imide groups is 1. The summed E-state index contributed by atoms with van der Waals surface area (Å²) < 4.78 is 2.29. The van der Waals surface area contributed by atoms with Gasteiger partial charge in [-0.3, -0.25) is 14.5 Å². The van der Waals surface area contributed by atoms with Crippen LogP contribution < -0.4 is 0 Å². The minimum atomic E-state index is -0.237. The van der Waals surface area contributed by atoms with Gasteiger partial charge in [0, 0.05) is 19.3 Å². The summed E-state index contributed by atoms with van der Waals surface area (Å²) in [6.07, 6.45) is 2.61. The van der Waals surface area contributed by atoms with E-state index < -0.39 is 0 Å². The summed E-state index contributed by atoms with van der Waals surface area (Å²) >= 11 is 4.48. The zero-order chi connectivity index (χ0) is 11.7. The molecule has 0 aromatic heterocycles. The Balaban J connectivity index is 2.18. The first-order valence-corrected chi connectivity index (χ1v) is 6.71. The van der Waals surface area contributed by atoms with Gasteiger partial charge in [-0.05, 0) is 62.9 Å². The minimum Gasteiger partial charge on any atom is -0.271 e. The predicted molar refractivity (Wildman–Crippen MR) is 76.6 cm³/mol. The van der Waals surface area contributed by atoms with Gasteiger partial charge in [-0.1, -0.05) is 6.07 Å². The van der Waals surface area contributed by atoms with Crippen molar-refractivity contribution in [2.24, 2.45) is 0 Å². The maximum Gasteiger partial charge on any atom is 0.253 e. The van der Waals surface area contributed by atoms with Crippen molar-refractivity contribution in [1.29, 1.82) is 0 Å². The van der Waals surface area contributed by atoms with Crippen LogP contribution in [0.4, 0.5) is 0 Å². The number of amides is 2. The smallest absolute Gasteiger partial charge is 0.253 e. The first-order valence-electron chi connectivity index (χ1n) is 4.55. The van der Waals surface area contributed by atoms with E-state index in [0.717, 1.165) is 9.13 Å². The lowest BCUT2D eigenvalue weighted by Gasteiger charge is -2.14. The summed E-state index contributed by atoms with van der Waals surface area (Å²) in [6, 6.07) is 5.90. The highest BCUT2D eigenvalue weighted by molar-refractivity contribution is 14.1. The summed E-state index contributed by atoms with van der Waals surface area (Å²) in [5.74, 6) is -0.475. The summed E-state index contributed by atoms with van der Waals surface area (Å²) in [5, 5.41) is 0. The monoisotopic (exact) mass is 439 g/mol. The quantitative estimate of drug-likeness (QED) is 0.525. The second-order valence-corrected chi connectivity index (χ2v) is 5.67. The molecule has 82 valence electrons. The molecule has 0 atom stereocenters. The summed E-state index contributed by atoms with van der Waals surface area (Å²) in [5.41, 5.74) is 0.968. The third kappa shape index (κ3) is 2.45. The Labute approximate surface area is 120 Å². The molecule has 1 aromatic carbocycles. The Bertz CT molecular complexity index is 479. The van der Waals surface area contributed by atoms with Gasteiger partial charge in [0.1, 0.15) is 0 Å². The molecule has 0 spiro atoms. The van der Waals surface area contributed by atoms with E-state index in [9.17, 15) is 9.59 Å². The third-order valence-electron chi connectivity index (χ3n) is 2.23. The first-order chi connectivity index (χ1) is 7.58. The zero-order valence-electron chi connectivity index (χ0n) is 8.11. The molecule has 0 saturated carbocycles. The molecule has 1 heterocycles. The molecule has 2 amide bonds. The van der Waals surface area contributed by atoms with E-state index in [1.165, 1.54) is 20.6 Å². The molecule has 0 N–H and O–H groups in total. The number of hydrogen-bond donors (Lipinski definition) is 0. The average molecular weight is 439 g/mol. The van der Waals surface area contributed by atoms with Crippen molar-refractivity contribution in [3.8, 4) is 0 Å². The summed E-state index contributed by atoms with van der Waals surface area (Å²) in [7, 11) is 0. The van der Waals surface area contributed by atoms with Gasteiger partial charge >= 0.3 is 0 Å². The Kier molecular flexibility index (Phi) is 3.63. The number of rotatable bonds is 2. The lowest BCUT2D eigenvalue weighted by molar-refractivity contribution is -0.137. The molecule has 0 radical (unpaired) electrons. The van der Waals surface area contributed by atoms with Crippen molar-refractivity contribution < 1.29 is 9.59 Å². The van der Waals surface area contributed by atoms with E-state index in [1.54, 1.807) is 0 Å². The van der Waals surface area contributed by atoms with E-state index in [2.05, 4.69) is 45.2 Å². The van der Waals surface area contributed by atoms with Gasteiger partial charge in [-0.25, -0.2) is 0 Å². The number of nitrogens with zero attached hydrogens (tertiary/aromatic N) is 1. The largest absolute Gasteiger partial charge is 0.271 e. The van der Waals surface area contributed by atoms with E-state index >= 15 is 0 Å². The zero-order valence-corrected chi connectivity index (χ0v) is 12.4. The fraction of sp³-hybridized carbons (Fsp3) is 0.0909. The molecule has 0 aliphatic carbocycles. The van der Waals surface area contributed by atoms with Crippen LogP contribution in [-0.4, -0.2) is 16.7 Å². The SMILES string of the molecule is O=C1C=CC(=O)N1Cc1ccc(I)c(I)c1. The minimum absolute atomic E-state index is 0.237. The van der Waals surface area contributed by atoms with Crippen molar-refractivity contribution in [2.45, 2.75) is 6.54 Å². The van der Waals surface area contributed by atoms with E-state index in [4.69, 9.17) is 0 Å². The molecule has 1 aliphatic rings. The van der Waals surface area contributed by atoms with Gasteiger partial charge in [-0.2, -0.15) is 0 Å². The third-order valence-corrected chi connectivity index (χ3v) is 5.09. The van der Waals surface area contributed by atoms with E-state index in [0.29, 0.717) is 6.54 Å². The lowest BCUT2D eigenvalue weighted by atomic mass is 10.2. The molecule has 1 aromatic rings. The summed E-state index contributed by atoms with van der Waals surface area (Å²) in [4.78, 5) is 23.9. The Morgan fingerprint density at radius 3 is 2.19 bits per heavy atom. The standard InChI is InChI=1S/C11H7I2NO2/c12-8-2-1-7(5-9(8)13)6-14-10(15)3-4-11(14)16/h1-5H,6H2. The molecule has 2 rings (SSSR count). The molecule has 0 fully saturated rings. The van der Waals surface area contributed by atoms with Gasteiger partial charge in [0.2, 0.25) is 0 Å². The molecule has 3 nitrogen and oxygen atoms in total. The molecule has 0 saturated heterocycles. The number of carbonyl (C=O) groups is 2. The van der Waals surface area contributed by atoms with Gasteiger partial charge in [0.15, 0.2) is 0 Å². The fourth-order valence-corrected chi connectivity index (χ4v) is 2.32. The van der Waals surface area contributed by atoms with Crippen LogP contribution in [0.15, 0.2) is 30.4 Å². The van der Waals surface area contributed by atoms with Crippen LogP contribution >= 0.6 is 45.2 Å². The number of halogens is 2. The van der Waals surface area contributed by atoms with Gasteiger partial charge in [-0.15, -0.1) is 0 Å². The van der Waals surface area contributed by atoms with Crippen LogP contribution in [0.1, 0.15) is 5.56 Å². The molecule has 0 bridgehead atoms. The topological polar surface area (TPSA) is 37.4 Å². The molecule has 16 heavy (non-hydrogen) atoms. The van der Waals surface area contributed by atoms with Crippen molar-refractivity contribution in [3.63, 3.8) is 0 Å². The fourth-order valence-electron chi connectivity index (χ4n) is 1.41. The highest BCUT2D eigenvalue weighted by atomic mass is 127. The van der Waals surface area contributed by atoms with Gasteiger partial charge in [0.25, 0.3) is 11.8 Å². The molecule has 1 aliphatic heterocycles. The van der Waals surface area contributed by atoms with Crippen LogP contribution in [0, 0.1) is 7.14 Å². The van der Waals surface area contributed by atoms with E-state index in [-0.39, 0.29) is 11.8 Å². The highest BCUT2D eigenvalue weighted by Crippen LogP contribution is 2.18. The van der Waals surface area contributed by atoms with Crippen LogP contribution in [0.3, 0.4) is 0 Å². The lowest BCUT2D eigenvalue weighted by Crippen LogP contribution is -2.29. The molecule has 5 heteroatoms. The van der Waals surface area contributed by atoms with Crippen LogP contribution in [-0.2, 0) is 16.1 Å². The van der Waals surface area contributed by atoms with Crippen molar-refractivity contribution >= 4 is 57.0 Å². The first kappa shape index (κ1) is 12.0. The summed E-state index contributed by atoms with van der Waals surface area (Å²) in [6.45, 7) is 0.345. The maximum atomic E-state index is 11.4. The van der Waals surface area contributed by atoms with Crippen LogP contribution in [0.25, 0.3) is 0 Å². The molecular weight excluding hydrogens is 432 g/mol. The van der Waals surface area contributed by atoms with Gasteiger partial charge < -0.3 is 0 Å². The average Bonchev–Trinajstić information content (AvgIpc) is 2.55. The highest BCUT2D eigenvalue weighted by Gasteiger charge is 2.23. The van der Waals surface area contributed by atoms with E-state index in [1.807, 2.05) is 18.2 Å². The van der Waals surface area contributed by atoms with Crippen molar-refractivity contribution in [3.05, 3.63) is 43.1 Å². The molecular formula is C11H7I2NO2. The predicted octanol–water partition coefficient (Wildman–Crippen LogP) is 2.32. The van der Waals surface area contributed by atoms with Gasteiger partial charge in [0.05, 0.1) is 6.54 Å². The van der Waals surface area contributed by atoms with Crippen LogP contribution in [0.5, 0.6) is 0 Å². The second kappa shape index (κ2) is 4.82. The Morgan fingerprint density at radius 2 is 1.62 bits per heavy atom.